The standard InChI is InChI=1S/C11H24N2O/c1-4-6-10(7-12)11(14)13-8-9(3)5-2/h9-10H,4-8,12H2,1-3H3,(H,13,14). The van der Waals surface area contributed by atoms with E-state index < -0.39 is 0 Å². The first-order valence-corrected chi connectivity index (χ1v) is 5.63. The first kappa shape index (κ1) is 13.4. The van der Waals surface area contributed by atoms with Crippen molar-refractivity contribution in [3.8, 4) is 0 Å². The molecule has 3 nitrogen and oxygen atoms in total. The molecular formula is C11H24N2O. The average molecular weight is 200 g/mol. The number of nitrogens with one attached hydrogen (secondary N) is 1. The number of amides is 1. The molecule has 0 radical (unpaired) electrons. The van der Waals surface area contributed by atoms with Crippen molar-refractivity contribution in [2.75, 3.05) is 13.1 Å². The van der Waals surface area contributed by atoms with Gasteiger partial charge in [-0.15, -0.1) is 0 Å². The lowest BCUT2D eigenvalue weighted by Gasteiger charge is -2.15. The molecule has 0 aromatic carbocycles. The molecule has 0 aliphatic heterocycles. The minimum Gasteiger partial charge on any atom is -0.356 e. The lowest BCUT2D eigenvalue weighted by atomic mass is 10.0. The molecule has 84 valence electrons. The molecule has 2 unspecified atom stereocenters. The lowest BCUT2D eigenvalue weighted by Crippen LogP contribution is -2.37. The molecular weight excluding hydrogens is 176 g/mol. The largest absolute Gasteiger partial charge is 0.356 e. The third-order valence-corrected chi connectivity index (χ3v) is 2.61. The summed E-state index contributed by atoms with van der Waals surface area (Å²) in [6.45, 7) is 7.57. The fourth-order valence-electron chi connectivity index (χ4n) is 1.27. The van der Waals surface area contributed by atoms with E-state index in [4.69, 9.17) is 5.73 Å². The molecule has 14 heavy (non-hydrogen) atoms. The van der Waals surface area contributed by atoms with Gasteiger partial charge in [-0.1, -0.05) is 33.6 Å². The van der Waals surface area contributed by atoms with Gasteiger partial charge in [0.2, 0.25) is 5.91 Å². The second-order valence-electron chi connectivity index (χ2n) is 3.98. The molecule has 0 saturated heterocycles. The molecule has 3 heteroatoms. The summed E-state index contributed by atoms with van der Waals surface area (Å²) in [7, 11) is 0. The van der Waals surface area contributed by atoms with Crippen LogP contribution in [0.25, 0.3) is 0 Å². The molecule has 0 aliphatic carbocycles. The van der Waals surface area contributed by atoms with Crippen LogP contribution in [0.5, 0.6) is 0 Å². The summed E-state index contributed by atoms with van der Waals surface area (Å²) < 4.78 is 0. The maximum atomic E-state index is 11.6. The SMILES string of the molecule is CCCC(CN)C(=O)NCC(C)CC. The monoisotopic (exact) mass is 200 g/mol. The van der Waals surface area contributed by atoms with Crippen molar-refractivity contribution >= 4 is 5.91 Å². The van der Waals surface area contributed by atoms with E-state index in [0.29, 0.717) is 12.5 Å². The third-order valence-electron chi connectivity index (χ3n) is 2.61. The summed E-state index contributed by atoms with van der Waals surface area (Å²) in [4.78, 5) is 11.6. The second-order valence-corrected chi connectivity index (χ2v) is 3.98. The van der Waals surface area contributed by atoms with Gasteiger partial charge in [-0.25, -0.2) is 0 Å². The van der Waals surface area contributed by atoms with Crippen LogP contribution >= 0.6 is 0 Å². The van der Waals surface area contributed by atoms with Crippen molar-refractivity contribution in [1.82, 2.24) is 5.32 Å². The Morgan fingerprint density at radius 1 is 1.43 bits per heavy atom. The Morgan fingerprint density at radius 2 is 2.07 bits per heavy atom. The van der Waals surface area contributed by atoms with Gasteiger partial charge in [0.05, 0.1) is 5.92 Å². The Morgan fingerprint density at radius 3 is 2.50 bits per heavy atom. The molecule has 2 atom stereocenters. The van der Waals surface area contributed by atoms with Crippen LogP contribution in [0.4, 0.5) is 0 Å². The van der Waals surface area contributed by atoms with E-state index in [1.807, 2.05) is 0 Å². The highest BCUT2D eigenvalue weighted by atomic mass is 16.1. The van der Waals surface area contributed by atoms with Crippen LogP contribution in [0, 0.1) is 11.8 Å². The zero-order chi connectivity index (χ0) is 11.0. The average Bonchev–Trinajstić information content (AvgIpc) is 2.21. The van der Waals surface area contributed by atoms with Crippen LogP contribution < -0.4 is 11.1 Å². The number of carbonyl (C=O) groups excluding carboxylic acids is 1. The van der Waals surface area contributed by atoms with E-state index in [1.165, 1.54) is 0 Å². The number of nitrogens with two attached hydrogens (primary N) is 1. The summed E-state index contributed by atoms with van der Waals surface area (Å²) in [6, 6.07) is 0. The van der Waals surface area contributed by atoms with Crippen molar-refractivity contribution < 1.29 is 4.79 Å². The van der Waals surface area contributed by atoms with Gasteiger partial charge < -0.3 is 11.1 Å². The predicted molar refractivity (Wildman–Crippen MR) is 59.9 cm³/mol. The van der Waals surface area contributed by atoms with Gasteiger partial charge in [-0.3, -0.25) is 4.79 Å². The number of carbonyl (C=O) groups is 1. The van der Waals surface area contributed by atoms with Crippen LogP contribution in [-0.2, 0) is 4.79 Å². The molecule has 0 heterocycles. The maximum absolute atomic E-state index is 11.6. The first-order chi connectivity index (χ1) is 6.65. The van der Waals surface area contributed by atoms with Crippen molar-refractivity contribution in [2.45, 2.75) is 40.0 Å². The van der Waals surface area contributed by atoms with E-state index in [1.54, 1.807) is 0 Å². The van der Waals surface area contributed by atoms with Crippen molar-refractivity contribution in [3.05, 3.63) is 0 Å². The van der Waals surface area contributed by atoms with E-state index >= 15 is 0 Å². The third kappa shape index (κ3) is 5.22. The fourth-order valence-corrected chi connectivity index (χ4v) is 1.27. The molecule has 0 aromatic heterocycles. The molecule has 0 aromatic rings. The Kier molecular flexibility index (Phi) is 7.48. The van der Waals surface area contributed by atoms with Crippen LogP contribution in [-0.4, -0.2) is 19.0 Å². The van der Waals surface area contributed by atoms with Crippen LogP contribution in [0.1, 0.15) is 40.0 Å². The van der Waals surface area contributed by atoms with E-state index in [9.17, 15) is 4.79 Å². The summed E-state index contributed by atoms with van der Waals surface area (Å²) in [5.41, 5.74) is 5.54. The van der Waals surface area contributed by atoms with Gasteiger partial charge in [0.25, 0.3) is 0 Å². The normalized spacial score (nSPS) is 14.9. The van der Waals surface area contributed by atoms with Gasteiger partial charge in [0.15, 0.2) is 0 Å². The van der Waals surface area contributed by atoms with Crippen LogP contribution in [0.15, 0.2) is 0 Å². The molecule has 0 aliphatic rings. The fraction of sp³-hybridized carbons (Fsp3) is 0.909. The summed E-state index contributed by atoms with van der Waals surface area (Å²) in [6.07, 6.45) is 3.00. The highest BCUT2D eigenvalue weighted by Crippen LogP contribution is 2.05. The van der Waals surface area contributed by atoms with Crippen molar-refractivity contribution in [2.24, 2.45) is 17.6 Å². The van der Waals surface area contributed by atoms with Crippen LogP contribution in [0.2, 0.25) is 0 Å². The molecule has 0 rings (SSSR count). The van der Waals surface area contributed by atoms with Gasteiger partial charge in [0, 0.05) is 13.1 Å². The second kappa shape index (κ2) is 7.80. The Hall–Kier alpha value is -0.570. The molecule has 0 saturated carbocycles. The molecule has 0 spiro atoms. The number of rotatable bonds is 7. The van der Waals surface area contributed by atoms with Gasteiger partial charge in [-0.05, 0) is 12.3 Å². The first-order valence-electron chi connectivity index (χ1n) is 5.63. The summed E-state index contributed by atoms with van der Waals surface area (Å²) in [5, 5.41) is 2.95. The molecule has 0 bridgehead atoms. The predicted octanol–water partition coefficient (Wildman–Crippen LogP) is 1.52. The molecule has 0 fully saturated rings. The summed E-state index contributed by atoms with van der Waals surface area (Å²) in [5.74, 6) is 0.678. The lowest BCUT2D eigenvalue weighted by molar-refractivity contribution is -0.125. The Bertz CT molecular complexity index is 159. The number of hydrogen-bond donors (Lipinski definition) is 2. The topological polar surface area (TPSA) is 55.1 Å². The van der Waals surface area contributed by atoms with E-state index in [-0.39, 0.29) is 11.8 Å². The van der Waals surface area contributed by atoms with Gasteiger partial charge >= 0.3 is 0 Å². The highest BCUT2D eigenvalue weighted by molar-refractivity contribution is 5.78. The van der Waals surface area contributed by atoms with Crippen molar-refractivity contribution in [3.63, 3.8) is 0 Å². The molecule has 3 N–H and O–H groups in total. The Balaban J connectivity index is 3.80. The highest BCUT2D eigenvalue weighted by Gasteiger charge is 2.15. The minimum atomic E-state index is 0.00376. The maximum Gasteiger partial charge on any atom is 0.224 e. The van der Waals surface area contributed by atoms with E-state index in [2.05, 4.69) is 26.1 Å². The zero-order valence-corrected chi connectivity index (χ0v) is 9.68. The quantitative estimate of drug-likeness (QED) is 0.654. The van der Waals surface area contributed by atoms with Crippen LogP contribution in [0.3, 0.4) is 0 Å². The van der Waals surface area contributed by atoms with Gasteiger partial charge in [0.1, 0.15) is 0 Å². The van der Waals surface area contributed by atoms with E-state index in [0.717, 1.165) is 25.8 Å². The summed E-state index contributed by atoms with van der Waals surface area (Å²) >= 11 is 0. The Labute approximate surface area is 87.4 Å². The molecule has 1 amide bonds. The van der Waals surface area contributed by atoms with Crippen molar-refractivity contribution in [1.29, 1.82) is 0 Å². The zero-order valence-electron chi connectivity index (χ0n) is 9.68. The smallest absolute Gasteiger partial charge is 0.224 e. The number of hydrogen-bond acceptors (Lipinski definition) is 2. The van der Waals surface area contributed by atoms with Gasteiger partial charge in [-0.2, -0.15) is 0 Å². The minimum absolute atomic E-state index is 0.00376.